The third-order valence-corrected chi connectivity index (χ3v) is 13.0. The second-order valence-corrected chi connectivity index (χ2v) is 16.5. The number of anilines is 6. The van der Waals surface area contributed by atoms with E-state index in [9.17, 15) is 0 Å². The van der Waals surface area contributed by atoms with Gasteiger partial charge >= 0.3 is 0 Å². The maximum atomic E-state index is 2.46. The Morgan fingerprint density at radius 3 is 1.58 bits per heavy atom. The number of hydrogen-bond donors (Lipinski definition) is 0. The van der Waals surface area contributed by atoms with Crippen LogP contribution in [0.25, 0.3) is 69.2 Å². The topological polar surface area (TPSA) is 11.4 Å². The van der Waals surface area contributed by atoms with Crippen LogP contribution in [0, 0.1) is 0 Å². The Morgan fingerprint density at radius 2 is 0.883 bits per heavy atom. The molecule has 60 heavy (non-hydrogen) atoms. The summed E-state index contributed by atoms with van der Waals surface area (Å²) in [7, 11) is 0. The van der Waals surface area contributed by atoms with E-state index in [1.807, 2.05) is 11.3 Å². The fourth-order valence-corrected chi connectivity index (χ4v) is 10.3. The number of rotatable bonds is 7. The zero-order valence-electron chi connectivity index (χ0n) is 32.6. The van der Waals surface area contributed by atoms with Crippen LogP contribution in [-0.2, 0) is 0 Å². The largest absolute Gasteiger partial charge is 0.310 e. The van der Waals surface area contributed by atoms with Crippen LogP contribution >= 0.6 is 11.3 Å². The maximum Gasteiger partial charge on any atom is 0.0583 e. The molecule has 0 fully saturated rings. The van der Waals surface area contributed by atoms with Crippen molar-refractivity contribution in [2.24, 2.45) is 0 Å². The molecule has 0 atom stereocenters. The molecular weight excluding hydrogens is 747 g/mol. The van der Waals surface area contributed by atoms with Crippen molar-refractivity contribution in [2.45, 2.75) is 0 Å². The normalized spacial score (nSPS) is 11.7. The van der Waals surface area contributed by atoms with E-state index < -0.39 is 0 Å². The van der Waals surface area contributed by atoms with Crippen LogP contribution in [0.5, 0.6) is 0 Å². The second-order valence-electron chi connectivity index (χ2n) is 15.4. The molecule has 10 aromatic carbocycles. The summed E-state index contributed by atoms with van der Waals surface area (Å²) in [5, 5.41) is 9.90. The van der Waals surface area contributed by atoms with Gasteiger partial charge in [-0.15, -0.1) is 11.3 Å². The van der Waals surface area contributed by atoms with Gasteiger partial charge in [-0.25, -0.2) is 0 Å². The third kappa shape index (κ3) is 5.65. The van der Waals surface area contributed by atoms with Crippen LogP contribution in [-0.4, -0.2) is 4.57 Å². The molecule has 2 heterocycles. The number of aromatic nitrogens is 1. The summed E-state index contributed by atoms with van der Waals surface area (Å²) >= 11 is 1.87. The van der Waals surface area contributed by atoms with E-state index in [0.717, 1.165) is 50.8 Å². The average molecular weight is 784 g/mol. The van der Waals surface area contributed by atoms with Gasteiger partial charge in [0.1, 0.15) is 0 Å². The summed E-state index contributed by atoms with van der Waals surface area (Å²) in [5.41, 5.74) is 9.96. The Kier molecular flexibility index (Phi) is 8.03. The molecule has 3 nitrogen and oxygen atoms in total. The lowest BCUT2D eigenvalue weighted by Gasteiger charge is -2.30. The van der Waals surface area contributed by atoms with E-state index >= 15 is 0 Å². The summed E-state index contributed by atoms with van der Waals surface area (Å²) in [6, 6.07) is 81.9. The van der Waals surface area contributed by atoms with Crippen LogP contribution < -0.4 is 9.80 Å². The van der Waals surface area contributed by atoms with Crippen LogP contribution in [0.2, 0.25) is 0 Å². The highest BCUT2D eigenvalue weighted by atomic mass is 32.1. The highest BCUT2D eigenvalue weighted by Crippen LogP contribution is 2.49. The van der Waals surface area contributed by atoms with Crippen molar-refractivity contribution in [3.8, 4) is 5.69 Å². The highest BCUT2D eigenvalue weighted by Gasteiger charge is 2.25. The van der Waals surface area contributed by atoms with Crippen molar-refractivity contribution in [3.63, 3.8) is 0 Å². The third-order valence-electron chi connectivity index (χ3n) is 11.8. The summed E-state index contributed by atoms with van der Waals surface area (Å²) in [5.74, 6) is 0. The lowest BCUT2D eigenvalue weighted by Crippen LogP contribution is -2.14. The number of para-hydroxylation sites is 4. The van der Waals surface area contributed by atoms with Gasteiger partial charge in [0.05, 0.1) is 22.4 Å². The number of fused-ring (bicyclic) bond motifs is 8. The SMILES string of the molecule is c1ccc(N(c2ccc3sc4cc5ccccc5cc4c3c2)c2cc(N(c3ccccc3)c3ccccc3)c3c4ccccc4n(-c4ccc5ccccc5c4)c3c2)cc1. The highest BCUT2D eigenvalue weighted by molar-refractivity contribution is 7.25. The Morgan fingerprint density at radius 1 is 0.317 bits per heavy atom. The fourth-order valence-electron chi connectivity index (χ4n) is 9.15. The molecule has 12 aromatic rings. The summed E-state index contributed by atoms with van der Waals surface area (Å²) in [4.78, 5) is 4.86. The molecule has 0 radical (unpaired) electrons. The predicted octanol–water partition coefficient (Wildman–Crippen LogP) is 16.4. The Labute approximate surface area is 351 Å². The van der Waals surface area contributed by atoms with E-state index in [-0.39, 0.29) is 0 Å². The zero-order chi connectivity index (χ0) is 39.6. The molecule has 0 saturated carbocycles. The van der Waals surface area contributed by atoms with Gasteiger partial charge in [0, 0.05) is 59.4 Å². The molecule has 12 rings (SSSR count). The Bertz CT molecular complexity index is 3510. The molecule has 0 bridgehead atoms. The number of nitrogens with zero attached hydrogens (tertiary/aromatic N) is 3. The van der Waals surface area contributed by atoms with E-state index in [2.05, 4.69) is 239 Å². The minimum atomic E-state index is 1.06. The zero-order valence-corrected chi connectivity index (χ0v) is 33.4. The first-order valence-electron chi connectivity index (χ1n) is 20.4. The number of thiophene rings is 1. The molecule has 0 amide bonds. The van der Waals surface area contributed by atoms with Crippen LogP contribution in [0.15, 0.2) is 224 Å². The van der Waals surface area contributed by atoms with Gasteiger partial charge in [-0.05, 0) is 119 Å². The summed E-state index contributed by atoms with van der Waals surface area (Å²) in [6.45, 7) is 0. The van der Waals surface area contributed by atoms with Gasteiger partial charge in [-0.1, -0.05) is 127 Å². The Balaban J connectivity index is 1.19. The molecule has 0 aliphatic rings. The standard InChI is InChI=1S/C56H37N3S/c1-4-20-42(21-5-1)57(46-30-31-54-50(35-46)49-33-40-18-12-13-19-41(40)34-55(49)60-54)47-36-52(58(43-22-6-2-7-23-43)44-24-8-3-9-25-44)56-48-26-14-15-27-51(48)59(53(56)37-47)45-29-28-38-16-10-11-17-39(38)32-45/h1-37H. The van der Waals surface area contributed by atoms with E-state index in [4.69, 9.17) is 0 Å². The lowest BCUT2D eigenvalue weighted by atomic mass is 10.0. The van der Waals surface area contributed by atoms with Crippen molar-refractivity contribution >= 4 is 109 Å². The van der Waals surface area contributed by atoms with Crippen molar-refractivity contribution in [1.82, 2.24) is 4.57 Å². The molecule has 0 aliphatic heterocycles. The monoisotopic (exact) mass is 783 g/mol. The molecule has 0 spiro atoms. The van der Waals surface area contributed by atoms with Crippen LogP contribution in [0.3, 0.4) is 0 Å². The fraction of sp³-hybridized carbons (Fsp3) is 0. The molecule has 2 aromatic heterocycles. The first-order chi connectivity index (χ1) is 29.7. The molecule has 0 unspecified atom stereocenters. The smallest absolute Gasteiger partial charge is 0.0583 e. The van der Waals surface area contributed by atoms with Crippen LogP contribution in [0.1, 0.15) is 0 Å². The molecule has 0 N–H and O–H groups in total. The lowest BCUT2D eigenvalue weighted by molar-refractivity contribution is 1.18. The maximum absolute atomic E-state index is 2.46. The Hall–Kier alpha value is -7.66. The summed E-state index contributed by atoms with van der Waals surface area (Å²) < 4.78 is 5.04. The van der Waals surface area contributed by atoms with Gasteiger partial charge < -0.3 is 14.4 Å². The minimum absolute atomic E-state index is 1.06. The van der Waals surface area contributed by atoms with Crippen molar-refractivity contribution in [3.05, 3.63) is 224 Å². The number of benzene rings is 10. The van der Waals surface area contributed by atoms with Gasteiger partial charge in [-0.2, -0.15) is 0 Å². The quantitative estimate of drug-likeness (QED) is 0.159. The first-order valence-corrected chi connectivity index (χ1v) is 21.2. The molecule has 0 saturated heterocycles. The van der Waals surface area contributed by atoms with Crippen molar-refractivity contribution < 1.29 is 0 Å². The van der Waals surface area contributed by atoms with Crippen LogP contribution in [0.4, 0.5) is 34.1 Å². The molecular formula is C56H37N3S. The molecule has 282 valence electrons. The van der Waals surface area contributed by atoms with Gasteiger partial charge in [0.2, 0.25) is 0 Å². The van der Waals surface area contributed by atoms with Crippen molar-refractivity contribution in [2.75, 3.05) is 9.80 Å². The summed E-state index contributed by atoms with van der Waals surface area (Å²) in [6.07, 6.45) is 0. The second kappa shape index (κ2) is 14.0. The first kappa shape index (κ1) is 34.4. The minimum Gasteiger partial charge on any atom is -0.310 e. The average Bonchev–Trinajstić information content (AvgIpc) is 3.84. The van der Waals surface area contributed by atoms with Gasteiger partial charge in [0.25, 0.3) is 0 Å². The van der Waals surface area contributed by atoms with Gasteiger partial charge in [0.15, 0.2) is 0 Å². The van der Waals surface area contributed by atoms with E-state index in [1.54, 1.807) is 0 Å². The molecule has 0 aliphatic carbocycles. The van der Waals surface area contributed by atoms with Crippen molar-refractivity contribution in [1.29, 1.82) is 0 Å². The molecule has 4 heteroatoms. The number of hydrogen-bond acceptors (Lipinski definition) is 3. The van der Waals surface area contributed by atoms with E-state index in [0.29, 0.717) is 0 Å². The van der Waals surface area contributed by atoms with E-state index in [1.165, 1.54) is 52.5 Å². The van der Waals surface area contributed by atoms with Gasteiger partial charge in [-0.3, -0.25) is 0 Å². The predicted molar refractivity (Wildman–Crippen MR) is 258 cm³/mol.